The standard InChI is InChI=1S/C11H15FN2O/c12-10-3-4-11(14-7-10)15-8-9-2-1-5-13-6-9/h3-4,7,9,13H,1-2,5-6,8H2/t9-/m1/s1. The lowest BCUT2D eigenvalue weighted by Gasteiger charge is -2.22. The Kier molecular flexibility index (Phi) is 3.50. The fourth-order valence-corrected chi connectivity index (χ4v) is 1.72. The molecular formula is C11H15FN2O. The maximum atomic E-state index is 12.6. The van der Waals surface area contributed by atoms with Gasteiger partial charge in [-0.1, -0.05) is 0 Å². The number of halogens is 1. The third kappa shape index (κ3) is 3.16. The summed E-state index contributed by atoms with van der Waals surface area (Å²) in [5.74, 6) is 0.717. The largest absolute Gasteiger partial charge is 0.477 e. The minimum atomic E-state index is -0.332. The van der Waals surface area contributed by atoms with Gasteiger partial charge in [-0.05, 0) is 25.5 Å². The molecule has 1 saturated heterocycles. The maximum absolute atomic E-state index is 12.6. The smallest absolute Gasteiger partial charge is 0.213 e. The van der Waals surface area contributed by atoms with Crippen molar-refractivity contribution in [3.05, 3.63) is 24.1 Å². The molecule has 0 aromatic carbocycles. The van der Waals surface area contributed by atoms with E-state index < -0.39 is 0 Å². The quantitative estimate of drug-likeness (QED) is 0.822. The predicted octanol–water partition coefficient (Wildman–Crippen LogP) is 1.60. The summed E-state index contributed by atoms with van der Waals surface area (Å²) < 4.78 is 18.0. The van der Waals surface area contributed by atoms with Gasteiger partial charge in [0.2, 0.25) is 5.88 Å². The summed E-state index contributed by atoms with van der Waals surface area (Å²) in [7, 11) is 0. The van der Waals surface area contributed by atoms with Gasteiger partial charge in [-0.2, -0.15) is 0 Å². The first-order chi connectivity index (χ1) is 7.34. The van der Waals surface area contributed by atoms with E-state index in [0.717, 1.165) is 13.1 Å². The van der Waals surface area contributed by atoms with Crippen molar-refractivity contribution in [2.75, 3.05) is 19.7 Å². The van der Waals surface area contributed by atoms with Gasteiger partial charge in [0.05, 0.1) is 12.8 Å². The topological polar surface area (TPSA) is 34.1 Å². The Balaban J connectivity index is 1.79. The lowest BCUT2D eigenvalue weighted by molar-refractivity contribution is 0.212. The van der Waals surface area contributed by atoms with Crippen LogP contribution in [0.3, 0.4) is 0 Å². The molecule has 15 heavy (non-hydrogen) atoms. The molecule has 0 unspecified atom stereocenters. The highest BCUT2D eigenvalue weighted by molar-refractivity contribution is 5.10. The van der Waals surface area contributed by atoms with Gasteiger partial charge in [0.1, 0.15) is 5.82 Å². The zero-order valence-corrected chi connectivity index (χ0v) is 8.58. The van der Waals surface area contributed by atoms with Crippen LogP contribution < -0.4 is 10.1 Å². The van der Waals surface area contributed by atoms with E-state index in [0.29, 0.717) is 18.4 Å². The fraction of sp³-hybridized carbons (Fsp3) is 0.545. The number of aromatic nitrogens is 1. The van der Waals surface area contributed by atoms with Crippen molar-refractivity contribution in [2.24, 2.45) is 5.92 Å². The van der Waals surface area contributed by atoms with Crippen molar-refractivity contribution >= 4 is 0 Å². The van der Waals surface area contributed by atoms with Crippen molar-refractivity contribution in [2.45, 2.75) is 12.8 Å². The molecule has 1 fully saturated rings. The number of rotatable bonds is 3. The van der Waals surface area contributed by atoms with Crippen LogP contribution in [0.4, 0.5) is 4.39 Å². The van der Waals surface area contributed by atoms with E-state index in [2.05, 4.69) is 10.3 Å². The Hall–Kier alpha value is -1.16. The molecule has 3 nitrogen and oxygen atoms in total. The Bertz CT molecular complexity index is 296. The highest BCUT2D eigenvalue weighted by atomic mass is 19.1. The number of pyridine rings is 1. The van der Waals surface area contributed by atoms with Crippen LogP contribution in [-0.2, 0) is 0 Å². The van der Waals surface area contributed by atoms with Crippen molar-refractivity contribution in [1.29, 1.82) is 0 Å². The Labute approximate surface area is 88.7 Å². The maximum Gasteiger partial charge on any atom is 0.213 e. The first-order valence-electron chi connectivity index (χ1n) is 5.29. The number of hydrogen-bond donors (Lipinski definition) is 1. The summed E-state index contributed by atoms with van der Waals surface area (Å²) in [6, 6.07) is 2.92. The van der Waals surface area contributed by atoms with Crippen molar-refractivity contribution in [3.63, 3.8) is 0 Å². The molecule has 1 aliphatic rings. The van der Waals surface area contributed by atoms with Crippen LogP contribution in [0.15, 0.2) is 18.3 Å². The number of nitrogens with one attached hydrogen (secondary N) is 1. The highest BCUT2D eigenvalue weighted by Gasteiger charge is 2.13. The van der Waals surface area contributed by atoms with Gasteiger partial charge in [-0.15, -0.1) is 0 Å². The molecule has 1 N–H and O–H groups in total. The van der Waals surface area contributed by atoms with Gasteiger partial charge in [0.25, 0.3) is 0 Å². The molecular weight excluding hydrogens is 195 g/mol. The first-order valence-corrected chi connectivity index (χ1v) is 5.29. The highest BCUT2D eigenvalue weighted by Crippen LogP contribution is 2.13. The van der Waals surface area contributed by atoms with Gasteiger partial charge in [-0.25, -0.2) is 9.37 Å². The average Bonchev–Trinajstić information content (AvgIpc) is 2.30. The summed E-state index contributed by atoms with van der Waals surface area (Å²) in [5.41, 5.74) is 0. The van der Waals surface area contributed by atoms with Crippen LogP contribution in [0.5, 0.6) is 5.88 Å². The van der Waals surface area contributed by atoms with Gasteiger partial charge < -0.3 is 10.1 Å². The Morgan fingerprint density at radius 1 is 1.53 bits per heavy atom. The molecule has 1 aliphatic heterocycles. The Morgan fingerprint density at radius 2 is 2.47 bits per heavy atom. The van der Waals surface area contributed by atoms with Crippen LogP contribution in [0.2, 0.25) is 0 Å². The van der Waals surface area contributed by atoms with Crippen LogP contribution in [0, 0.1) is 11.7 Å². The summed E-state index contributed by atoms with van der Waals surface area (Å²) in [6.45, 7) is 2.76. The summed E-state index contributed by atoms with van der Waals surface area (Å²) >= 11 is 0. The second-order valence-corrected chi connectivity index (χ2v) is 3.84. The monoisotopic (exact) mass is 210 g/mol. The summed E-state index contributed by atoms with van der Waals surface area (Å²) in [6.07, 6.45) is 3.56. The minimum Gasteiger partial charge on any atom is -0.477 e. The summed E-state index contributed by atoms with van der Waals surface area (Å²) in [4.78, 5) is 3.85. The zero-order valence-electron chi connectivity index (χ0n) is 8.58. The van der Waals surface area contributed by atoms with E-state index >= 15 is 0 Å². The normalized spacial score (nSPS) is 21.3. The molecule has 0 radical (unpaired) electrons. The van der Waals surface area contributed by atoms with Crippen molar-refractivity contribution < 1.29 is 9.13 Å². The third-order valence-electron chi connectivity index (χ3n) is 2.57. The van der Waals surface area contributed by atoms with E-state index in [4.69, 9.17) is 4.74 Å². The molecule has 4 heteroatoms. The molecule has 0 spiro atoms. The van der Waals surface area contributed by atoms with E-state index in [1.165, 1.54) is 25.1 Å². The number of nitrogens with zero attached hydrogens (tertiary/aromatic N) is 1. The number of piperidine rings is 1. The molecule has 0 saturated carbocycles. The van der Waals surface area contributed by atoms with Crippen molar-refractivity contribution in [3.8, 4) is 5.88 Å². The van der Waals surface area contributed by atoms with E-state index in [-0.39, 0.29) is 5.82 Å². The lowest BCUT2D eigenvalue weighted by Crippen LogP contribution is -2.33. The van der Waals surface area contributed by atoms with E-state index in [1.807, 2.05) is 0 Å². The number of ether oxygens (including phenoxy) is 1. The van der Waals surface area contributed by atoms with Crippen LogP contribution in [0.25, 0.3) is 0 Å². The van der Waals surface area contributed by atoms with E-state index in [1.54, 1.807) is 6.07 Å². The first kappa shape index (κ1) is 10.4. The van der Waals surface area contributed by atoms with E-state index in [9.17, 15) is 4.39 Å². The van der Waals surface area contributed by atoms with Crippen LogP contribution in [0.1, 0.15) is 12.8 Å². The zero-order chi connectivity index (χ0) is 10.5. The molecule has 82 valence electrons. The van der Waals surface area contributed by atoms with Crippen molar-refractivity contribution in [1.82, 2.24) is 10.3 Å². The fourth-order valence-electron chi connectivity index (χ4n) is 1.72. The molecule has 2 rings (SSSR count). The van der Waals surface area contributed by atoms with Crippen LogP contribution in [-0.4, -0.2) is 24.7 Å². The predicted molar refractivity (Wildman–Crippen MR) is 55.3 cm³/mol. The van der Waals surface area contributed by atoms with Gasteiger partial charge in [-0.3, -0.25) is 0 Å². The van der Waals surface area contributed by atoms with Gasteiger partial charge in [0.15, 0.2) is 0 Å². The van der Waals surface area contributed by atoms with Gasteiger partial charge >= 0.3 is 0 Å². The number of hydrogen-bond acceptors (Lipinski definition) is 3. The second-order valence-electron chi connectivity index (χ2n) is 3.84. The molecule has 1 atom stereocenters. The second kappa shape index (κ2) is 5.07. The molecule has 2 heterocycles. The average molecular weight is 210 g/mol. The molecule has 0 amide bonds. The molecule has 1 aromatic heterocycles. The third-order valence-corrected chi connectivity index (χ3v) is 2.57. The Morgan fingerprint density at radius 3 is 3.13 bits per heavy atom. The molecule has 0 bridgehead atoms. The lowest BCUT2D eigenvalue weighted by atomic mass is 10.0. The molecule has 1 aromatic rings. The van der Waals surface area contributed by atoms with Crippen LogP contribution >= 0.6 is 0 Å². The minimum absolute atomic E-state index is 0.332. The summed E-state index contributed by atoms with van der Waals surface area (Å²) in [5, 5.41) is 3.32. The molecule has 0 aliphatic carbocycles. The SMILES string of the molecule is Fc1ccc(OC[C@@H]2CCCNC2)nc1. The van der Waals surface area contributed by atoms with Gasteiger partial charge in [0, 0.05) is 18.5 Å².